The molecule has 1 aromatic heterocycles. The monoisotopic (exact) mass is 420 g/mol. The van der Waals surface area contributed by atoms with Gasteiger partial charge in [0.05, 0.1) is 12.8 Å². The van der Waals surface area contributed by atoms with Gasteiger partial charge in [-0.25, -0.2) is 0 Å². The van der Waals surface area contributed by atoms with Crippen LogP contribution in [0.3, 0.4) is 0 Å². The van der Waals surface area contributed by atoms with Crippen LogP contribution in [0.1, 0.15) is 16.7 Å². The number of pyridine rings is 1. The lowest BCUT2D eigenvalue weighted by molar-refractivity contribution is 0.408. The van der Waals surface area contributed by atoms with Crippen molar-refractivity contribution in [3.8, 4) is 5.75 Å². The van der Waals surface area contributed by atoms with Crippen LogP contribution < -0.4 is 15.0 Å². The lowest BCUT2D eigenvalue weighted by Gasteiger charge is -2.27. The van der Waals surface area contributed by atoms with Gasteiger partial charge in [0.15, 0.2) is 5.11 Å². The molecule has 0 unspecified atom stereocenters. The summed E-state index contributed by atoms with van der Waals surface area (Å²) < 4.78 is 5.50. The van der Waals surface area contributed by atoms with Gasteiger partial charge in [-0.15, -0.1) is 0 Å². The molecule has 0 aliphatic rings. The van der Waals surface area contributed by atoms with Crippen LogP contribution in [0.2, 0.25) is 0 Å². The molecule has 1 N–H and O–H groups in total. The molecule has 30 heavy (non-hydrogen) atoms. The molecule has 0 spiro atoms. The number of benzene rings is 2. The van der Waals surface area contributed by atoms with Crippen molar-refractivity contribution in [2.24, 2.45) is 0 Å². The molecule has 0 saturated heterocycles. The number of hydrogen-bond donors (Lipinski definition) is 1. The first-order chi connectivity index (χ1) is 14.5. The number of aromatic nitrogens is 1. The summed E-state index contributed by atoms with van der Waals surface area (Å²) in [6.45, 7) is 3.39. The fourth-order valence-electron chi connectivity index (χ4n) is 3.15. The number of rotatable bonds is 7. The van der Waals surface area contributed by atoms with Gasteiger partial charge in [0.25, 0.3) is 0 Å². The molecule has 3 aromatic rings. The van der Waals surface area contributed by atoms with Crippen molar-refractivity contribution < 1.29 is 4.74 Å². The number of thiocarbonyl (C=S) groups is 1. The van der Waals surface area contributed by atoms with Gasteiger partial charge in [-0.2, -0.15) is 0 Å². The van der Waals surface area contributed by atoms with E-state index >= 15 is 0 Å². The molecule has 0 radical (unpaired) electrons. The molecule has 0 bridgehead atoms. The van der Waals surface area contributed by atoms with Crippen LogP contribution >= 0.6 is 12.2 Å². The van der Waals surface area contributed by atoms with E-state index in [1.165, 1.54) is 11.3 Å². The van der Waals surface area contributed by atoms with E-state index in [4.69, 9.17) is 17.0 Å². The van der Waals surface area contributed by atoms with Gasteiger partial charge >= 0.3 is 0 Å². The van der Waals surface area contributed by atoms with Gasteiger partial charge in [-0.05, 0) is 66.2 Å². The third-order valence-corrected chi connectivity index (χ3v) is 5.17. The van der Waals surface area contributed by atoms with Crippen LogP contribution in [-0.4, -0.2) is 36.2 Å². The van der Waals surface area contributed by atoms with Crippen molar-refractivity contribution in [2.75, 3.05) is 31.4 Å². The maximum Gasteiger partial charge on any atom is 0.174 e. The topological polar surface area (TPSA) is 40.6 Å². The molecule has 0 aliphatic carbocycles. The number of anilines is 2. The van der Waals surface area contributed by atoms with E-state index in [-0.39, 0.29) is 0 Å². The third-order valence-electron chi connectivity index (χ3n) is 4.81. The first-order valence-corrected chi connectivity index (χ1v) is 10.2. The molecular formula is C24H28N4OS. The Morgan fingerprint density at radius 2 is 1.77 bits per heavy atom. The van der Waals surface area contributed by atoms with Gasteiger partial charge in [0.2, 0.25) is 0 Å². The average Bonchev–Trinajstić information content (AvgIpc) is 2.74. The first-order valence-electron chi connectivity index (χ1n) is 9.82. The van der Waals surface area contributed by atoms with Crippen molar-refractivity contribution in [3.05, 3.63) is 83.7 Å². The zero-order chi connectivity index (χ0) is 21.5. The predicted octanol–water partition coefficient (Wildman–Crippen LogP) is 4.86. The van der Waals surface area contributed by atoms with E-state index in [0.717, 1.165) is 22.6 Å². The van der Waals surface area contributed by atoms with Crippen LogP contribution in [0.5, 0.6) is 5.75 Å². The Morgan fingerprint density at radius 3 is 2.40 bits per heavy atom. The van der Waals surface area contributed by atoms with Gasteiger partial charge in [0.1, 0.15) is 5.75 Å². The Balaban J connectivity index is 1.83. The predicted molar refractivity (Wildman–Crippen MR) is 128 cm³/mol. The molecule has 0 atom stereocenters. The summed E-state index contributed by atoms with van der Waals surface area (Å²) in [5.41, 5.74) is 5.45. The highest BCUT2D eigenvalue weighted by Crippen LogP contribution is 2.26. The molecule has 1 heterocycles. The largest absolute Gasteiger partial charge is 0.495 e. The lowest BCUT2D eigenvalue weighted by Crippen LogP contribution is -2.34. The minimum atomic E-state index is 0.638. The Bertz CT molecular complexity index is 974. The van der Waals surface area contributed by atoms with Crippen LogP contribution in [0.25, 0.3) is 0 Å². The number of methoxy groups -OCH3 is 1. The highest BCUT2D eigenvalue weighted by molar-refractivity contribution is 7.80. The van der Waals surface area contributed by atoms with E-state index in [0.29, 0.717) is 18.2 Å². The number of ether oxygens (including phenoxy) is 1. The third kappa shape index (κ3) is 5.70. The van der Waals surface area contributed by atoms with Crippen LogP contribution in [0.4, 0.5) is 11.4 Å². The van der Waals surface area contributed by atoms with Crippen LogP contribution in [-0.2, 0) is 13.1 Å². The standard InChI is InChI=1S/C24H28N4OS/c1-18-7-12-23(29-4)22(14-18)26-24(30)28(17-20-6-5-13-25-15-20)16-19-8-10-21(11-9-19)27(2)3/h5-15H,16-17H2,1-4H3,(H,26,30). The fraction of sp³-hybridized carbons (Fsp3) is 0.250. The second kappa shape index (κ2) is 10.1. The Labute approximate surface area is 184 Å². The summed E-state index contributed by atoms with van der Waals surface area (Å²) >= 11 is 5.80. The highest BCUT2D eigenvalue weighted by Gasteiger charge is 2.14. The fourth-order valence-corrected chi connectivity index (χ4v) is 3.38. The molecular weight excluding hydrogens is 392 g/mol. The smallest absolute Gasteiger partial charge is 0.174 e. The van der Waals surface area contributed by atoms with Crippen molar-refractivity contribution in [2.45, 2.75) is 20.0 Å². The van der Waals surface area contributed by atoms with Crippen molar-refractivity contribution in [3.63, 3.8) is 0 Å². The summed E-state index contributed by atoms with van der Waals surface area (Å²) in [7, 11) is 5.74. The van der Waals surface area contributed by atoms with Crippen LogP contribution in [0, 0.1) is 6.92 Å². The zero-order valence-electron chi connectivity index (χ0n) is 17.9. The summed E-state index contributed by atoms with van der Waals surface area (Å²) in [6.07, 6.45) is 3.65. The Hall–Kier alpha value is -3.12. The van der Waals surface area contributed by atoms with E-state index in [2.05, 4.69) is 50.4 Å². The molecule has 2 aromatic carbocycles. The average molecular weight is 421 g/mol. The zero-order valence-corrected chi connectivity index (χ0v) is 18.7. The van der Waals surface area contributed by atoms with E-state index in [1.807, 2.05) is 51.5 Å². The molecule has 5 nitrogen and oxygen atoms in total. The maximum atomic E-state index is 5.80. The summed E-state index contributed by atoms with van der Waals surface area (Å²) in [6, 6.07) is 18.5. The first kappa shape index (κ1) is 21.6. The molecule has 3 rings (SSSR count). The maximum absolute atomic E-state index is 5.80. The van der Waals surface area contributed by atoms with Crippen molar-refractivity contribution >= 4 is 28.7 Å². The summed E-state index contributed by atoms with van der Waals surface area (Å²) in [4.78, 5) is 8.47. The minimum Gasteiger partial charge on any atom is -0.495 e. The van der Waals surface area contributed by atoms with Crippen LogP contribution in [0.15, 0.2) is 67.0 Å². The molecule has 6 heteroatoms. The number of nitrogens with one attached hydrogen (secondary N) is 1. The van der Waals surface area contributed by atoms with Crippen molar-refractivity contribution in [1.82, 2.24) is 9.88 Å². The minimum absolute atomic E-state index is 0.638. The number of aryl methyl sites for hydroxylation is 1. The quantitative estimate of drug-likeness (QED) is 0.550. The second-order valence-electron chi connectivity index (χ2n) is 7.41. The lowest BCUT2D eigenvalue weighted by atomic mass is 10.1. The molecule has 0 amide bonds. The summed E-state index contributed by atoms with van der Waals surface area (Å²) in [5.74, 6) is 0.764. The highest BCUT2D eigenvalue weighted by atomic mass is 32.1. The van der Waals surface area contributed by atoms with Crippen molar-refractivity contribution in [1.29, 1.82) is 0 Å². The Kier molecular flexibility index (Phi) is 7.25. The number of hydrogen-bond acceptors (Lipinski definition) is 4. The summed E-state index contributed by atoms with van der Waals surface area (Å²) in [5, 5.41) is 4.01. The Morgan fingerprint density at radius 1 is 1.03 bits per heavy atom. The van der Waals surface area contributed by atoms with Gasteiger partial charge in [-0.1, -0.05) is 24.3 Å². The molecule has 0 fully saturated rings. The van der Waals surface area contributed by atoms with E-state index in [1.54, 1.807) is 13.3 Å². The van der Waals surface area contributed by atoms with E-state index < -0.39 is 0 Å². The molecule has 0 saturated carbocycles. The second-order valence-corrected chi connectivity index (χ2v) is 7.80. The van der Waals surface area contributed by atoms with Gasteiger partial charge in [-0.3, -0.25) is 4.98 Å². The van der Waals surface area contributed by atoms with E-state index in [9.17, 15) is 0 Å². The molecule has 0 aliphatic heterocycles. The van der Waals surface area contributed by atoms with Gasteiger partial charge < -0.3 is 19.9 Å². The SMILES string of the molecule is COc1ccc(C)cc1NC(=S)N(Cc1ccc(N(C)C)cc1)Cc1cccnc1. The normalized spacial score (nSPS) is 10.4. The number of nitrogens with zero attached hydrogens (tertiary/aromatic N) is 3. The van der Waals surface area contributed by atoms with Gasteiger partial charge in [0, 0.05) is 45.3 Å². The molecule has 156 valence electrons.